The molecule has 0 amide bonds. The predicted molar refractivity (Wildman–Crippen MR) is 118 cm³/mol. The third-order valence-electron chi connectivity index (χ3n) is 4.42. The average Bonchev–Trinajstić information content (AvgIpc) is 2.68. The van der Waals surface area contributed by atoms with E-state index in [0.29, 0.717) is 22.3 Å². The van der Waals surface area contributed by atoms with Crippen molar-refractivity contribution < 1.29 is 9.53 Å². The molecule has 0 unspecified atom stereocenters. The van der Waals surface area contributed by atoms with Crippen molar-refractivity contribution in [2.75, 3.05) is 0 Å². The summed E-state index contributed by atoms with van der Waals surface area (Å²) in [6, 6.07) is 10.3. The van der Waals surface area contributed by atoms with E-state index in [1.54, 1.807) is 24.3 Å². The van der Waals surface area contributed by atoms with Gasteiger partial charge in [-0.05, 0) is 48.4 Å². The zero-order chi connectivity index (χ0) is 21.1. The van der Waals surface area contributed by atoms with E-state index in [2.05, 4.69) is 26.0 Å². The first-order valence-corrected chi connectivity index (χ1v) is 10.2. The number of fused-ring (bicyclic) bond motifs is 1. The molecule has 6 nitrogen and oxygen atoms in total. The Balaban J connectivity index is 2.08. The maximum atomic E-state index is 13.1. The van der Waals surface area contributed by atoms with Crippen molar-refractivity contribution in [3.63, 3.8) is 0 Å². The molecule has 3 aromatic rings. The Morgan fingerprint density at radius 1 is 1.34 bits per heavy atom. The first kappa shape index (κ1) is 21.2. The summed E-state index contributed by atoms with van der Waals surface area (Å²) >= 11 is 9.56. The number of hydrogen-bond donors (Lipinski definition) is 0. The number of benzene rings is 2. The number of nitrogens with zero attached hydrogens (tertiary/aromatic N) is 3. The number of hydrogen-bond acceptors (Lipinski definition) is 5. The zero-order valence-corrected chi connectivity index (χ0v) is 18.5. The molecule has 0 radical (unpaired) electrons. The van der Waals surface area contributed by atoms with Gasteiger partial charge in [0.25, 0.3) is 5.56 Å². The second kappa shape index (κ2) is 8.88. The molecule has 8 heteroatoms. The molecular formula is C21H19BrClN3O3. The van der Waals surface area contributed by atoms with Gasteiger partial charge in [0.2, 0.25) is 0 Å². The van der Waals surface area contributed by atoms with Crippen LogP contribution in [0.4, 0.5) is 0 Å². The fourth-order valence-electron chi connectivity index (χ4n) is 2.74. The van der Waals surface area contributed by atoms with E-state index < -0.39 is 5.97 Å². The van der Waals surface area contributed by atoms with Crippen molar-refractivity contribution in [1.29, 1.82) is 0 Å². The van der Waals surface area contributed by atoms with Gasteiger partial charge >= 0.3 is 5.97 Å². The van der Waals surface area contributed by atoms with E-state index in [1.807, 2.05) is 26.0 Å². The van der Waals surface area contributed by atoms with Crippen LogP contribution in [-0.4, -0.2) is 21.8 Å². The van der Waals surface area contributed by atoms with E-state index in [9.17, 15) is 9.59 Å². The Kier molecular flexibility index (Phi) is 6.49. The molecule has 3 rings (SSSR count). The molecule has 1 atom stereocenters. The van der Waals surface area contributed by atoms with E-state index in [0.717, 1.165) is 10.9 Å². The summed E-state index contributed by atoms with van der Waals surface area (Å²) in [4.78, 5) is 28.9. The molecule has 0 aliphatic heterocycles. The van der Waals surface area contributed by atoms with Crippen LogP contribution in [0.2, 0.25) is 5.02 Å². The van der Waals surface area contributed by atoms with Crippen molar-refractivity contribution in [2.45, 2.75) is 33.1 Å². The Labute approximate surface area is 181 Å². The van der Waals surface area contributed by atoms with Crippen LogP contribution in [0.15, 0.2) is 50.8 Å². The summed E-state index contributed by atoms with van der Waals surface area (Å²) in [5.41, 5.74) is 1.04. The van der Waals surface area contributed by atoms with Gasteiger partial charge in [-0.2, -0.15) is 9.78 Å². The Bertz CT molecular complexity index is 1170. The number of ether oxygens (including phenoxy) is 1. The number of rotatable bonds is 5. The second-order valence-corrected chi connectivity index (χ2v) is 7.91. The standard InChI is InChI=1S/C21H19BrClN3O3/c1-4-12(2)20-25-18-7-6-15(22)10-16(18)21(28)26(20)24-11-14-5-8-19(17(23)9-14)29-13(3)27/h5-12H,4H2,1-3H3/t12-/m0/s1. The maximum Gasteiger partial charge on any atom is 0.308 e. The number of esters is 1. The van der Waals surface area contributed by atoms with Crippen LogP contribution >= 0.6 is 27.5 Å². The minimum absolute atomic E-state index is 0.0443. The topological polar surface area (TPSA) is 73.6 Å². The van der Waals surface area contributed by atoms with Crippen LogP contribution in [0, 0.1) is 0 Å². The quantitative estimate of drug-likeness (QED) is 0.290. The normalized spacial score (nSPS) is 12.4. The molecule has 29 heavy (non-hydrogen) atoms. The monoisotopic (exact) mass is 475 g/mol. The van der Waals surface area contributed by atoms with E-state index in [4.69, 9.17) is 16.3 Å². The highest BCUT2D eigenvalue weighted by molar-refractivity contribution is 9.10. The van der Waals surface area contributed by atoms with Crippen molar-refractivity contribution in [3.05, 3.63) is 67.6 Å². The summed E-state index contributed by atoms with van der Waals surface area (Å²) in [5.74, 6) is 0.450. The Hall–Kier alpha value is -2.51. The lowest BCUT2D eigenvalue weighted by Crippen LogP contribution is -2.23. The van der Waals surface area contributed by atoms with Crippen molar-refractivity contribution >= 4 is 50.6 Å². The lowest BCUT2D eigenvalue weighted by molar-refractivity contribution is -0.131. The zero-order valence-electron chi connectivity index (χ0n) is 16.1. The molecule has 0 N–H and O–H groups in total. The summed E-state index contributed by atoms with van der Waals surface area (Å²) in [6.45, 7) is 5.34. The molecule has 0 bridgehead atoms. The van der Waals surface area contributed by atoms with Gasteiger partial charge in [-0.3, -0.25) is 9.59 Å². The van der Waals surface area contributed by atoms with Gasteiger partial charge in [-0.1, -0.05) is 41.4 Å². The van der Waals surface area contributed by atoms with Crippen molar-refractivity contribution in [1.82, 2.24) is 9.66 Å². The molecule has 2 aromatic carbocycles. The van der Waals surface area contributed by atoms with Crippen LogP contribution in [0.1, 0.15) is 44.5 Å². The fraction of sp³-hybridized carbons (Fsp3) is 0.238. The first-order chi connectivity index (χ1) is 13.8. The highest BCUT2D eigenvalue weighted by Crippen LogP contribution is 2.25. The van der Waals surface area contributed by atoms with Crippen molar-refractivity contribution in [2.24, 2.45) is 5.10 Å². The summed E-state index contributed by atoms with van der Waals surface area (Å²) in [5, 5.41) is 5.15. The largest absolute Gasteiger partial charge is 0.425 e. The number of halogens is 2. The van der Waals surface area contributed by atoms with Gasteiger partial charge in [0.05, 0.1) is 22.1 Å². The second-order valence-electron chi connectivity index (χ2n) is 6.59. The lowest BCUT2D eigenvalue weighted by Gasteiger charge is -2.14. The molecule has 0 fully saturated rings. The van der Waals surface area contributed by atoms with E-state index in [-0.39, 0.29) is 22.2 Å². The van der Waals surface area contributed by atoms with Crippen LogP contribution < -0.4 is 10.3 Å². The molecule has 0 aliphatic carbocycles. The summed E-state index contributed by atoms with van der Waals surface area (Å²) < 4.78 is 7.15. The van der Waals surface area contributed by atoms with Gasteiger partial charge in [-0.15, -0.1) is 0 Å². The maximum absolute atomic E-state index is 13.1. The average molecular weight is 477 g/mol. The Morgan fingerprint density at radius 2 is 2.10 bits per heavy atom. The van der Waals surface area contributed by atoms with Crippen LogP contribution in [0.25, 0.3) is 10.9 Å². The number of aromatic nitrogens is 2. The molecule has 1 aromatic heterocycles. The third kappa shape index (κ3) is 4.74. The predicted octanol–water partition coefficient (Wildman–Crippen LogP) is 5.13. The van der Waals surface area contributed by atoms with Gasteiger partial charge in [-0.25, -0.2) is 4.98 Å². The molecule has 0 aliphatic rings. The highest BCUT2D eigenvalue weighted by Gasteiger charge is 2.15. The lowest BCUT2D eigenvalue weighted by atomic mass is 10.1. The van der Waals surface area contributed by atoms with E-state index >= 15 is 0 Å². The molecular weight excluding hydrogens is 458 g/mol. The van der Waals surface area contributed by atoms with Crippen LogP contribution in [0.3, 0.4) is 0 Å². The van der Waals surface area contributed by atoms with Crippen molar-refractivity contribution in [3.8, 4) is 5.75 Å². The number of carbonyl (C=O) groups is 1. The third-order valence-corrected chi connectivity index (χ3v) is 5.21. The fourth-order valence-corrected chi connectivity index (χ4v) is 3.33. The van der Waals surface area contributed by atoms with Gasteiger partial charge in [0.1, 0.15) is 11.6 Å². The number of carbonyl (C=O) groups excluding carboxylic acids is 1. The van der Waals surface area contributed by atoms with Gasteiger partial charge in [0, 0.05) is 17.3 Å². The molecule has 0 saturated carbocycles. The minimum Gasteiger partial charge on any atom is -0.425 e. The van der Waals surface area contributed by atoms with Crippen LogP contribution in [0.5, 0.6) is 5.75 Å². The SMILES string of the molecule is CC[C@H](C)c1nc2ccc(Br)cc2c(=O)n1N=Cc1ccc(OC(C)=O)c(Cl)c1. The highest BCUT2D eigenvalue weighted by atomic mass is 79.9. The van der Waals surface area contributed by atoms with Gasteiger partial charge < -0.3 is 4.74 Å². The minimum atomic E-state index is -0.452. The molecule has 150 valence electrons. The molecule has 0 saturated heterocycles. The van der Waals surface area contributed by atoms with Gasteiger partial charge in [0.15, 0.2) is 0 Å². The smallest absolute Gasteiger partial charge is 0.308 e. The molecule has 1 heterocycles. The molecule has 0 spiro atoms. The Morgan fingerprint density at radius 3 is 2.76 bits per heavy atom. The van der Waals surface area contributed by atoms with Crippen LogP contribution in [-0.2, 0) is 4.79 Å². The summed E-state index contributed by atoms with van der Waals surface area (Å²) in [6.07, 6.45) is 2.34. The van der Waals surface area contributed by atoms with E-state index in [1.165, 1.54) is 17.8 Å². The summed E-state index contributed by atoms with van der Waals surface area (Å²) in [7, 11) is 0. The first-order valence-electron chi connectivity index (χ1n) is 9.04.